The van der Waals surface area contributed by atoms with Crippen molar-refractivity contribution in [3.05, 3.63) is 59.7 Å². The fraction of sp³-hybridized carbons (Fsp3) is 0.316. The molecule has 0 radical (unpaired) electrons. The van der Waals surface area contributed by atoms with Crippen molar-refractivity contribution in [1.29, 1.82) is 0 Å². The Bertz CT molecular complexity index is 625. The van der Waals surface area contributed by atoms with Gasteiger partial charge in [-0.15, -0.1) is 0 Å². The standard InChI is InChI=1S/C19H18F4O3/c20-18(21)25-16-9-3-13(4-10-16)1-7-15(24)8-2-14-5-11-17(12-6-14)26-19(22)23/h3-6,9-12,18-19H,1-2,7-8H2. The van der Waals surface area contributed by atoms with E-state index < -0.39 is 13.2 Å². The van der Waals surface area contributed by atoms with Gasteiger partial charge in [-0.25, -0.2) is 0 Å². The van der Waals surface area contributed by atoms with Gasteiger partial charge in [0.15, 0.2) is 0 Å². The molecule has 7 heteroatoms. The zero-order valence-corrected chi connectivity index (χ0v) is 13.8. The maximum absolute atomic E-state index is 12.1. The molecule has 0 aliphatic heterocycles. The molecular weight excluding hydrogens is 352 g/mol. The van der Waals surface area contributed by atoms with Gasteiger partial charge in [-0.05, 0) is 48.2 Å². The minimum atomic E-state index is -2.86. The molecular formula is C19H18F4O3. The first-order valence-corrected chi connectivity index (χ1v) is 8.01. The zero-order valence-electron chi connectivity index (χ0n) is 13.8. The van der Waals surface area contributed by atoms with Crippen LogP contribution in [0.5, 0.6) is 11.5 Å². The van der Waals surface area contributed by atoms with Crippen molar-refractivity contribution in [1.82, 2.24) is 0 Å². The van der Waals surface area contributed by atoms with Gasteiger partial charge in [0.05, 0.1) is 0 Å². The monoisotopic (exact) mass is 370 g/mol. The second kappa shape index (κ2) is 9.79. The summed E-state index contributed by atoms with van der Waals surface area (Å²) in [6, 6.07) is 12.3. The SMILES string of the molecule is O=C(CCc1ccc(OC(F)F)cc1)CCc1ccc(OC(F)F)cc1. The molecule has 2 aromatic rings. The van der Waals surface area contributed by atoms with E-state index >= 15 is 0 Å². The van der Waals surface area contributed by atoms with E-state index in [0.717, 1.165) is 11.1 Å². The van der Waals surface area contributed by atoms with Crippen molar-refractivity contribution in [2.75, 3.05) is 0 Å². The lowest BCUT2D eigenvalue weighted by Crippen LogP contribution is -2.04. The predicted octanol–water partition coefficient (Wildman–Crippen LogP) is 5.02. The van der Waals surface area contributed by atoms with Crippen molar-refractivity contribution in [2.24, 2.45) is 0 Å². The van der Waals surface area contributed by atoms with E-state index in [-0.39, 0.29) is 17.3 Å². The summed E-state index contributed by atoms with van der Waals surface area (Å²) in [5.41, 5.74) is 1.71. The van der Waals surface area contributed by atoms with Crippen LogP contribution >= 0.6 is 0 Å². The Balaban J connectivity index is 1.73. The molecule has 2 aromatic carbocycles. The number of benzene rings is 2. The summed E-state index contributed by atoms with van der Waals surface area (Å²) in [4.78, 5) is 12.0. The van der Waals surface area contributed by atoms with E-state index in [9.17, 15) is 22.4 Å². The van der Waals surface area contributed by atoms with Gasteiger partial charge in [0.25, 0.3) is 0 Å². The van der Waals surface area contributed by atoms with Crippen LogP contribution in [-0.4, -0.2) is 19.0 Å². The third-order valence-electron chi connectivity index (χ3n) is 3.68. The molecule has 0 aromatic heterocycles. The van der Waals surface area contributed by atoms with Crippen molar-refractivity contribution in [3.63, 3.8) is 0 Å². The minimum Gasteiger partial charge on any atom is -0.435 e. The van der Waals surface area contributed by atoms with E-state index in [2.05, 4.69) is 9.47 Å². The summed E-state index contributed by atoms with van der Waals surface area (Å²) in [6.45, 7) is -5.73. The Kier molecular flexibility index (Phi) is 7.44. The van der Waals surface area contributed by atoms with Gasteiger partial charge in [0, 0.05) is 12.8 Å². The number of carbonyl (C=O) groups is 1. The number of rotatable bonds is 10. The first-order chi connectivity index (χ1) is 12.4. The Hall–Kier alpha value is -2.57. The first-order valence-electron chi connectivity index (χ1n) is 8.01. The third-order valence-corrected chi connectivity index (χ3v) is 3.68. The van der Waals surface area contributed by atoms with Crippen LogP contribution in [0.4, 0.5) is 17.6 Å². The van der Waals surface area contributed by atoms with E-state index in [4.69, 9.17) is 0 Å². The van der Waals surface area contributed by atoms with Gasteiger partial charge in [0.2, 0.25) is 0 Å². The second-order valence-corrected chi connectivity index (χ2v) is 5.58. The van der Waals surface area contributed by atoms with Crippen LogP contribution in [-0.2, 0) is 17.6 Å². The van der Waals surface area contributed by atoms with Crippen molar-refractivity contribution in [2.45, 2.75) is 38.9 Å². The number of hydrogen-bond acceptors (Lipinski definition) is 3. The highest BCUT2D eigenvalue weighted by Gasteiger charge is 2.07. The Morgan fingerprint density at radius 3 is 1.35 bits per heavy atom. The first kappa shape index (κ1) is 19.8. The predicted molar refractivity (Wildman–Crippen MR) is 87.8 cm³/mol. The van der Waals surface area contributed by atoms with Gasteiger partial charge in [-0.1, -0.05) is 24.3 Å². The molecule has 140 valence electrons. The quantitative estimate of drug-likeness (QED) is 0.551. The van der Waals surface area contributed by atoms with Gasteiger partial charge in [-0.2, -0.15) is 17.6 Å². The molecule has 0 spiro atoms. The topological polar surface area (TPSA) is 35.5 Å². The molecule has 0 aliphatic carbocycles. The number of Topliss-reactive ketones (excluding diaryl/α,β-unsaturated/α-hetero) is 1. The molecule has 0 N–H and O–H groups in total. The highest BCUT2D eigenvalue weighted by Crippen LogP contribution is 2.18. The lowest BCUT2D eigenvalue weighted by atomic mass is 10.0. The van der Waals surface area contributed by atoms with E-state index in [0.29, 0.717) is 25.7 Å². The summed E-state index contributed by atoms with van der Waals surface area (Å²) in [5.74, 6) is 0.217. The average Bonchev–Trinajstić information content (AvgIpc) is 2.59. The smallest absolute Gasteiger partial charge is 0.387 e. The van der Waals surface area contributed by atoms with Crippen molar-refractivity contribution >= 4 is 5.78 Å². The molecule has 0 heterocycles. The number of ketones is 1. The highest BCUT2D eigenvalue weighted by molar-refractivity contribution is 5.78. The lowest BCUT2D eigenvalue weighted by Gasteiger charge is -2.07. The third kappa shape index (κ3) is 7.13. The molecule has 0 atom stereocenters. The van der Waals surface area contributed by atoms with Gasteiger partial charge in [0.1, 0.15) is 17.3 Å². The number of carbonyl (C=O) groups excluding carboxylic acids is 1. The summed E-state index contributed by atoms with van der Waals surface area (Å²) in [5, 5.41) is 0. The number of hydrogen-bond donors (Lipinski definition) is 0. The minimum absolute atomic E-state index is 0.0609. The Morgan fingerprint density at radius 1 is 0.692 bits per heavy atom. The van der Waals surface area contributed by atoms with E-state index in [1.807, 2.05) is 0 Å². The number of ether oxygens (including phenoxy) is 2. The van der Waals surface area contributed by atoms with Crippen LogP contribution in [0, 0.1) is 0 Å². The zero-order chi connectivity index (χ0) is 18.9. The Morgan fingerprint density at radius 2 is 1.04 bits per heavy atom. The number of halogens is 4. The number of alkyl halides is 4. The largest absolute Gasteiger partial charge is 0.435 e. The molecule has 0 amide bonds. The maximum atomic E-state index is 12.1. The molecule has 0 unspecified atom stereocenters. The maximum Gasteiger partial charge on any atom is 0.387 e. The van der Waals surface area contributed by atoms with Crippen LogP contribution in [0.1, 0.15) is 24.0 Å². The van der Waals surface area contributed by atoms with E-state index in [1.165, 1.54) is 24.3 Å². The fourth-order valence-electron chi connectivity index (χ4n) is 2.37. The molecule has 0 fully saturated rings. The molecule has 0 aliphatic rings. The second-order valence-electron chi connectivity index (χ2n) is 5.58. The molecule has 0 saturated carbocycles. The summed E-state index contributed by atoms with van der Waals surface area (Å²) < 4.78 is 56.8. The van der Waals surface area contributed by atoms with E-state index in [1.54, 1.807) is 24.3 Å². The Labute approximate surface area is 148 Å². The van der Waals surface area contributed by atoms with Gasteiger partial charge in [-0.3, -0.25) is 4.79 Å². The summed E-state index contributed by atoms with van der Waals surface area (Å²) in [6.07, 6.45) is 1.69. The molecule has 0 saturated heterocycles. The summed E-state index contributed by atoms with van der Waals surface area (Å²) in [7, 11) is 0. The van der Waals surface area contributed by atoms with Crippen molar-refractivity contribution < 1.29 is 31.8 Å². The van der Waals surface area contributed by atoms with Gasteiger partial charge >= 0.3 is 13.2 Å². The average molecular weight is 370 g/mol. The lowest BCUT2D eigenvalue weighted by molar-refractivity contribution is -0.119. The van der Waals surface area contributed by atoms with Crippen LogP contribution in [0.3, 0.4) is 0 Å². The van der Waals surface area contributed by atoms with Gasteiger partial charge < -0.3 is 9.47 Å². The molecule has 3 nitrogen and oxygen atoms in total. The molecule has 26 heavy (non-hydrogen) atoms. The molecule has 0 bridgehead atoms. The number of aryl methyl sites for hydroxylation is 2. The van der Waals surface area contributed by atoms with Crippen LogP contribution in [0.25, 0.3) is 0 Å². The van der Waals surface area contributed by atoms with Crippen LogP contribution in [0.2, 0.25) is 0 Å². The fourth-order valence-corrected chi connectivity index (χ4v) is 2.37. The molecule has 2 rings (SSSR count). The summed E-state index contributed by atoms with van der Waals surface area (Å²) >= 11 is 0. The normalized spacial score (nSPS) is 11.0. The van der Waals surface area contributed by atoms with Crippen molar-refractivity contribution in [3.8, 4) is 11.5 Å². The van der Waals surface area contributed by atoms with Crippen LogP contribution < -0.4 is 9.47 Å². The highest BCUT2D eigenvalue weighted by atomic mass is 19.3. The van der Waals surface area contributed by atoms with Crippen LogP contribution in [0.15, 0.2) is 48.5 Å².